The molecule has 0 spiro atoms. The van der Waals surface area contributed by atoms with Crippen molar-refractivity contribution in [1.82, 2.24) is 0 Å². The third kappa shape index (κ3) is 4.46. The number of carbonyl (C=O) groups is 2. The summed E-state index contributed by atoms with van der Waals surface area (Å²) in [5.74, 6) is 1.91. The number of amides is 1. The predicted octanol–water partition coefficient (Wildman–Crippen LogP) is 4.39. The van der Waals surface area contributed by atoms with Gasteiger partial charge in [-0.25, -0.2) is 0 Å². The topological polar surface area (TPSA) is 46.2 Å². The molecule has 0 saturated heterocycles. The first-order valence-corrected chi connectivity index (χ1v) is 8.34. The van der Waals surface area contributed by atoms with E-state index in [4.69, 9.17) is 0 Å². The lowest BCUT2D eigenvalue weighted by molar-refractivity contribution is 0.101. The Morgan fingerprint density at radius 2 is 1.55 bits per heavy atom. The molecule has 0 atom stereocenters. The number of hydrogen-bond acceptors (Lipinski definition) is 3. The average Bonchev–Trinajstić information content (AvgIpc) is 2.54. The summed E-state index contributed by atoms with van der Waals surface area (Å²) in [4.78, 5) is 23.4. The van der Waals surface area contributed by atoms with Gasteiger partial charge in [0, 0.05) is 22.6 Å². The highest BCUT2D eigenvalue weighted by molar-refractivity contribution is 7.98. The molecule has 0 aliphatic carbocycles. The van der Waals surface area contributed by atoms with E-state index in [0.717, 1.165) is 11.5 Å². The van der Waals surface area contributed by atoms with Crippen LogP contribution >= 0.6 is 11.8 Å². The van der Waals surface area contributed by atoms with E-state index >= 15 is 0 Å². The maximum Gasteiger partial charge on any atom is 0.255 e. The van der Waals surface area contributed by atoms with Gasteiger partial charge in [-0.2, -0.15) is 11.8 Å². The molecule has 4 heteroatoms. The molecule has 0 aliphatic rings. The number of rotatable bonds is 6. The van der Waals surface area contributed by atoms with Crippen LogP contribution in [0.5, 0.6) is 0 Å². The SMILES string of the molecule is CCSCc1ccc(C(=O)Nc2ccc(C(C)=O)cc2)cc1. The fourth-order valence-corrected chi connectivity index (χ4v) is 2.60. The van der Waals surface area contributed by atoms with E-state index in [9.17, 15) is 9.59 Å². The Labute approximate surface area is 135 Å². The summed E-state index contributed by atoms with van der Waals surface area (Å²) < 4.78 is 0. The largest absolute Gasteiger partial charge is 0.322 e. The quantitative estimate of drug-likeness (QED) is 0.804. The Morgan fingerprint density at radius 1 is 0.955 bits per heavy atom. The monoisotopic (exact) mass is 313 g/mol. The Morgan fingerprint density at radius 3 is 2.09 bits per heavy atom. The summed E-state index contributed by atoms with van der Waals surface area (Å²) in [6, 6.07) is 14.5. The fourth-order valence-electron chi connectivity index (χ4n) is 1.96. The number of ketones is 1. The minimum absolute atomic E-state index is 0.0124. The molecule has 22 heavy (non-hydrogen) atoms. The van der Waals surface area contributed by atoms with E-state index in [1.54, 1.807) is 24.3 Å². The molecule has 0 aliphatic heterocycles. The molecule has 0 saturated carbocycles. The zero-order valence-corrected chi connectivity index (χ0v) is 13.6. The van der Waals surface area contributed by atoms with Gasteiger partial charge in [-0.15, -0.1) is 0 Å². The molecule has 2 rings (SSSR count). The fraction of sp³-hybridized carbons (Fsp3) is 0.222. The van der Waals surface area contributed by atoms with Crippen molar-refractivity contribution < 1.29 is 9.59 Å². The van der Waals surface area contributed by atoms with E-state index in [-0.39, 0.29) is 11.7 Å². The number of nitrogens with one attached hydrogen (secondary N) is 1. The second-order valence-electron chi connectivity index (χ2n) is 4.92. The number of thioether (sulfide) groups is 1. The van der Waals surface area contributed by atoms with Crippen molar-refractivity contribution in [2.75, 3.05) is 11.1 Å². The first kappa shape index (κ1) is 16.3. The molecular weight excluding hydrogens is 294 g/mol. The van der Waals surface area contributed by atoms with Crippen LogP contribution in [0.25, 0.3) is 0 Å². The molecule has 1 amide bonds. The number of anilines is 1. The van der Waals surface area contributed by atoms with Gasteiger partial charge in [-0.05, 0) is 54.6 Å². The Hall–Kier alpha value is -2.07. The van der Waals surface area contributed by atoms with Gasteiger partial charge in [0.15, 0.2) is 5.78 Å². The van der Waals surface area contributed by atoms with Crippen LogP contribution in [0, 0.1) is 0 Å². The summed E-state index contributed by atoms with van der Waals surface area (Å²) in [7, 11) is 0. The number of Topliss-reactive ketones (excluding diaryl/α,β-unsaturated/α-hetero) is 1. The third-order valence-corrected chi connectivity index (χ3v) is 4.18. The highest BCUT2D eigenvalue weighted by Gasteiger charge is 2.06. The van der Waals surface area contributed by atoms with Crippen molar-refractivity contribution in [2.24, 2.45) is 0 Å². The van der Waals surface area contributed by atoms with Gasteiger partial charge in [-0.1, -0.05) is 19.1 Å². The van der Waals surface area contributed by atoms with Gasteiger partial charge in [0.05, 0.1) is 0 Å². The molecule has 0 aromatic heterocycles. The molecule has 0 heterocycles. The third-order valence-electron chi connectivity index (χ3n) is 3.24. The van der Waals surface area contributed by atoms with Crippen LogP contribution < -0.4 is 5.32 Å². The van der Waals surface area contributed by atoms with E-state index in [0.29, 0.717) is 16.8 Å². The highest BCUT2D eigenvalue weighted by atomic mass is 32.2. The van der Waals surface area contributed by atoms with Crippen LogP contribution in [0.4, 0.5) is 5.69 Å². The van der Waals surface area contributed by atoms with E-state index < -0.39 is 0 Å². The molecule has 0 bridgehead atoms. The lowest BCUT2D eigenvalue weighted by Gasteiger charge is -2.07. The Kier molecular flexibility index (Phi) is 5.78. The van der Waals surface area contributed by atoms with Gasteiger partial charge in [0.25, 0.3) is 5.91 Å². The van der Waals surface area contributed by atoms with Crippen molar-refractivity contribution in [2.45, 2.75) is 19.6 Å². The number of hydrogen-bond donors (Lipinski definition) is 1. The summed E-state index contributed by atoms with van der Waals surface area (Å²) in [6.07, 6.45) is 0. The molecular formula is C18H19NO2S. The molecule has 0 unspecified atom stereocenters. The zero-order valence-electron chi connectivity index (χ0n) is 12.8. The van der Waals surface area contributed by atoms with E-state index in [1.165, 1.54) is 12.5 Å². The van der Waals surface area contributed by atoms with Crippen LogP contribution in [0.15, 0.2) is 48.5 Å². The maximum absolute atomic E-state index is 12.2. The summed E-state index contributed by atoms with van der Waals surface area (Å²) >= 11 is 1.85. The van der Waals surface area contributed by atoms with Crippen LogP contribution in [0.3, 0.4) is 0 Å². The lowest BCUT2D eigenvalue weighted by atomic mass is 10.1. The highest BCUT2D eigenvalue weighted by Crippen LogP contribution is 2.15. The van der Waals surface area contributed by atoms with Gasteiger partial charge in [0.1, 0.15) is 0 Å². The molecule has 3 nitrogen and oxygen atoms in total. The Balaban J connectivity index is 2.00. The van der Waals surface area contributed by atoms with E-state index in [1.807, 2.05) is 36.0 Å². The molecule has 2 aromatic carbocycles. The standard InChI is InChI=1S/C18H19NO2S/c1-3-22-12-14-4-6-16(7-5-14)18(21)19-17-10-8-15(9-11-17)13(2)20/h4-11H,3,12H2,1-2H3,(H,19,21). The first-order valence-electron chi connectivity index (χ1n) is 7.19. The predicted molar refractivity (Wildman–Crippen MR) is 92.7 cm³/mol. The van der Waals surface area contributed by atoms with Gasteiger partial charge in [0.2, 0.25) is 0 Å². The molecule has 114 valence electrons. The van der Waals surface area contributed by atoms with Crippen LogP contribution in [0.1, 0.15) is 40.1 Å². The molecule has 0 fully saturated rings. The van der Waals surface area contributed by atoms with Crippen molar-refractivity contribution in [3.8, 4) is 0 Å². The van der Waals surface area contributed by atoms with Crippen molar-refractivity contribution in [3.63, 3.8) is 0 Å². The molecule has 1 N–H and O–H groups in total. The van der Waals surface area contributed by atoms with Crippen LogP contribution in [-0.2, 0) is 5.75 Å². The van der Waals surface area contributed by atoms with Crippen molar-refractivity contribution >= 4 is 29.1 Å². The number of carbonyl (C=O) groups excluding carboxylic acids is 2. The Bertz CT molecular complexity index is 648. The second kappa shape index (κ2) is 7.80. The van der Waals surface area contributed by atoms with Gasteiger partial charge in [-0.3, -0.25) is 9.59 Å². The zero-order chi connectivity index (χ0) is 15.9. The van der Waals surface area contributed by atoms with Crippen molar-refractivity contribution in [3.05, 3.63) is 65.2 Å². The van der Waals surface area contributed by atoms with Crippen LogP contribution in [0.2, 0.25) is 0 Å². The normalized spacial score (nSPS) is 10.3. The molecule has 2 aromatic rings. The minimum Gasteiger partial charge on any atom is -0.322 e. The average molecular weight is 313 g/mol. The number of benzene rings is 2. The summed E-state index contributed by atoms with van der Waals surface area (Å²) in [6.45, 7) is 3.65. The van der Waals surface area contributed by atoms with E-state index in [2.05, 4.69) is 12.2 Å². The van der Waals surface area contributed by atoms with Gasteiger partial charge < -0.3 is 5.32 Å². The summed E-state index contributed by atoms with van der Waals surface area (Å²) in [5, 5.41) is 2.83. The second-order valence-corrected chi connectivity index (χ2v) is 6.20. The minimum atomic E-state index is -0.148. The van der Waals surface area contributed by atoms with Crippen LogP contribution in [-0.4, -0.2) is 17.4 Å². The van der Waals surface area contributed by atoms with Crippen molar-refractivity contribution in [1.29, 1.82) is 0 Å². The summed E-state index contributed by atoms with van der Waals surface area (Å²) in [5.41, 5.74) is 3.16. The smallest absolute Gasteiger partial charge is 0.255 e. The van der Waals surface area contributed by atoms with Gasteiger partial charge >= 0.3 is 0 Å². The maximum atomic E-state index is 12.2. The lowest BCUT2D eigenvalue weighted by Crippen LogP contribution is -2.11. The molecule has 0 radical (unpaired) electrons. The first-order chi connectivity index (χ1) is 10.6.